The van der Waals surface area contributed by atoms with E-state index in [1.165, 1.54) is 31.4 Å². The number of aryl methyl sites for hydroxylation is 1. The van der Waals surface area contributed by atoms with Gasteiger partial charge in [-0.05, 0) is 104 Å². The molecule has 4 aromatic carbocycles. The summed E-state index contributed by atoms with van der Waals surface area (Å²) in [4.78, 5) is 26.5. The molecule has 0 aliphatic carbocycles. The lowest BCUT2D eigenvalue weighted by Gasteiger charge is -2.19. The Bertz CT molecular complexity index is 2140. The highest BCUT2D eigenvalue weighted by atomic mass is 16.5. The maximum atomic E-state index is 13.3. The number of fused-ring (bicyclic) bond motifs is 1. The number of benzene rings is 4. The fraction of sp³-hybridized carbons (Fsp3) is 0.525. The Kier molecular flexibility index (Phi) is 26.9. The third kappa shape index (κ3) is 20.0. The minimum absolute atomic E-state index is 0.390. The molecule has 0 fully saturated rings. The lowest BCUT2D eigenvalue weighted by atomic mass is 10.1. The van der Waals surface area contributed by atoms with Crippen LogP contribution in [0.15, 0.2) is 72.8 Å². The maximum Gasteiger partial charge on any atom is 0.336 e. The number of rotatable bonds is 36. The van der Waals surface area contributed by atoms with Crippen LogP contribution in [0, 0.1) is 6.92 Å². The molecule has 0 radical (unpaired) electrons. The van der Waals surface area contributed by atoms with E-state index < -0.39 is 11.9 Å². The summed E-state index contributed by atoms with van der Waals surface area (Å²) in [6.45, 7) is 15.9. The van der Waals surface area contributed by atoms with E-state index in [1.54, 1.807) is 36.4 Å². The molecule has 0 unspecified atom stereocenters. The second-order valence-electron chi connectivity index (χ2n) is 17.7. The van der Waals surface area contributed by atoms with E-state index in [0.29, 0.717) is 73.1 Å². The summed E-state index contributed by atoms with van der Waals surface area (Å²) in [5, 5.41) is 1.64. The van der Waals surface area contributed by atoms with Crippen LogP contribution in [0.4, 0.5) is 0 Å². The van der Waals surface area contributed by atoms with Crippen molar-refractivity contribution in [1.29, 1.82) is 0 Å². The van der Waals surface area contributed by atoms with Crippen molar-refractivity contribution in [3.63, 3.8) is 0 Å². The zero-order valence-electron chi connectivity index (χ0n) is 42.4. The first-order valence-electron chi connectivity index (χ1n) is 26.1. The molecule has 0 spiro atoms. The Labute approximate surface area is 408 Å². The minimum Gasteiger partial charge on any atom is -0.490 e. The first-order chi connectivity index (χ1) is 33.3. The van der Waals surface area contributed by atoms with Gasteiger partial charge in [0.05, 0.1) is 33.0 Å². The van der Waals surface area contributed by atoms with Crippen molar-refractivity contribution < 1.29 is 42.7 Å². The summed E-state index contributed by atoms with van der Waals surface area (Å²) in [6.07, 6.45) is 28.1. The number of carbonyl (C=O) groups is 2. The summed E-state index contributed by atoms with van der Waals surface area (Å²) < 4.78 is 43.3. The Morgan fingerprint density at radius 2 is 0.765 bits per heavy atom. The predicted molar refractivity (Wildman–Crippen MR) is 279 cm³/mol. The molecule has 0 amide bonds. The van der Waals surface area contributed by atoms with Crippen molar-refractivity contribution in [3.8, 4) is 40.2 Å². The average molecular weight is 935 g/mol. The van der Waals surface area contributed by atoms with Crippen LogP contribution in [0.2, 0.25) is 0 Å². The van der Waals surface area contributed by atoms with Gasteiger partial charge in [-0.1, -0.05) is 155 Å². The van der Waals surface area contributed by atoms with Crippen LogP contribution in [0.3, 0.4) is 0 Å². The van der Waals surface area contributed by atoms with Gasteiger partial charge in [0.2, 0.25) is 5.75 Å². The fourth-order valence-corrected chi connectivity index (χ4v) is 7.69. The van der Waals surface area contributed by atoms with Gasteiger partial charge in [-0.15, -0.1) is 0 Å². The van der Waals surface area contributed by atoms with Crippen LogP contribution in [0.25, 0.3) is 22.9 Å². The highest BCUT2D eigenvalue weighted by molar-refractivity contribution is 5.92. The third-order valence-corrected chi connectivity index (χ3v) is 11.7. The molecule has 0 bridgehead atoms. The van der Waals surface area contributed by atoms with Gasteiger partial charge < -0.3 is 33.2 Å². The van der Waals surface area contributed by atoms with Crippen LogP contribution >= 0.6 is 0 Å². The highest BCUT2D eigenvalue weighted by Crippen LogP contribution is 2.42. The van der Waals surface area contributed by atoms with Crippen molar-refractivity contribution in [3.05, 3.63) is 89.5 Å². The van der Waals surface area contributed by atoms with Crippen LogP contribution in [-0.2, 0) is 9.59 Å². The summed E-state index contributed by atoms with van der Waals surface area (Å²) in [5.74, 6) is 2.96. The number of esters is 2. The van der Waals surface area contributed by atoms with E-state index in [1.807, 2.05) is 43.3 Å². The monoisotopic (exact) mass is 935 g/mol. The molecule has 0 atom stereocenters. The molecule has 0 aliphatic rings. The second kappa shape index (κ2) is 33.1. The molecular formula is C59H82O9. The zero-order valence-corrected chi connectivity index (χ0v) is 42.4. The normalized spacial score (nSPS) is 11.4. The Hall–Kier alpha value is -5.44. The van der Waals surface area contributed by atoms with Gasteiger partial charge in [0.1, 0.15) is 11.5 Å². The smallest absolute Gasteiger partial charge is 0.336 e. The maximum absolute atomic E-state index is 13.3. The molecule has 0 saturated carbocycles. The largest absolute Gasteiger partial charge is 0.490 e. The van der Waals surface area contributed by atoms with Crippen molar-refractivity contribution >= 4 is 34.9 Å². The van der Waals surface area contributed by atoms with Crippen molar-refractivity contribution in [2.24, 2.45) is 0 Å². The molecule has 0 heterocycles. The molecule has 0 N–H and O–H groups in total. The van der Waals surface area contributed by atoms with Crippen LogP contribution in [0.5, 0.6) is 40.2 Å². The van der Waals surface area contributed by atoms with Gasteiger partial charge in [0.15, 0.2) is 23.0 Å². The molecule has 68 heavy (non-hydrogen) atoms. The summed E-state index contributed by atoms with van der Waals surface area (Å²) in [5.41, 5.74) is 2.47. The Morgan fingerprint density at radius 3 is 1.19 bits per heavy atom. The predicted octanol–water partition coefficient (Wildman–Crippen LogP) is 16.2. The van der Waals surface area contributed by atoms with Crippen LogP contribution in [0.1, 0.15) is 180 Å². The molecule has 0 saturated heterocycles. The molecular weight excluding hydrogens is 853 g/mol. The quantitative estimate of drug-likeness (QED) is 0.0191. The summed E-state index contributed by atoms with van der Waals surface area (Å²) in [7, 11) is 0. The van der Waals surface area contributed by atoms with E-state index in [-0.39, 0.29) is 0 Å². The lowest BCUT2D eigenvalue weighted by molar-refractivity contribution is -0.129. The standard InChI is InChI=1S/C59H82O9/c1-7-12-17-22-39-62-53-36-31-48(58(65-42-25-20-15-10-4)59(53)66-43-26-21-16-11-5)33-38-55(61)68-52-35-30-49-44-51(34-29-50(49)45-52)67-54(60)37-32-47-28-27-46(6)56(63-40-23-18-13-8-2)57(47)64-41-24-19-14-9-3/h27-38,44-45H,7-26,39-43H2,1-6H3/b37-32+,38-33+. The van der Waals surface area contributed by atoms with E-state index >= 15 is 0 Å². The van der Waals surface area contributed by atoms with E-state index in [2.05, 4.69) is 34.6 Å². The van der Waals surface area contributed by atoms with E-state index in [4.69, 9.17) is 33.2 Å². The number of hydrogen-bond acceptors (Lipinski definition) is 9. The van der Waals surface area contributed by atoms with Crippen molar-refractivity contribution in [1.82, 2.24) is 0 Å². The zero-order chi connectivity index (χ0) is 48.6. The van der Waals surface area contributed by atoms with Crippen molar-refractivity contribution in [2.45, 2.75) is 170 Å². The summed E-state index contributed by atoms with van der Waals surface area (Å²) in [6, 6.07) is 18.5. The number of hydrogen-bond donors (Lipinski definition) is 0. The number of carbonyl (C=O) groups excluding carboxylic acids is 2. The Balaban J connectivity index is 1.46. The van der Waals surface area contributed by atoms with Gasteiger partial charge in [-0.25, -0.2) is 9.59 Å². The summed E-state index contributed by atoms with van der Waals surface area (Å²) >= 11 is 0. The molecule has 4 aromatic rings. The molecule has 372 valence electrons. The first kappa shape index (κ1) is 55.2. The molecule has 0 aromatic heterocycles. The van der Waals surface area contributed by atoms with Gasteiger partial charge in [-0.2, -0.15) is 0 Å². The van der Waals surface area contributed by atoms with E-state index in [9.17, 15) is 9.59 Å². The SMILES string of the molecule is CCCCCCOc1ccc(/C=C/C(=O)Oc2ccc3cc(OC(=O)/C=C/c4ccc(C)c(OCCCCCC)c4OCCCCCC)ccc3c2)c(OCCCCCC)c1OCCCCCC. The second-order valence-corrected chi connectivity index (χ2v) is 17.7. The van der Waals surface area contributed by atoms with E-state index in [0.717, 1.165) is 137 Å². The van der Waals surface area contributed by atoms with Gasteiger partial charge in [0.25, 0.3) is 0 Å². The van der Waals surface area contributed by atoms with Crippen molar-refractivity contribution in [2.75, 3.05) is 33.0 Å². The topological polar surface area (TPSA) is 98.8 Å². The Morgan fingerprint density at radius 1 is 0.397 bits per heavy atom. The fourth-order valence-electron chi connectivity index (χ4n) is 7.69. The minimum atomic E-state index is -0.529. The number of ether oxygens (including phenoxy) is 7. The average Bonchev–Trinajstić information content (AvgIpc) is 3.34. The lowest BCUT2D eigenvalue weighted by Crippen LogP contribution is -2.08. The first-order valence-corrected chi connectivity index (χ1v) is 26.1. The number of unbranched alkanes of at least 4 members (excludes halogenated alkanes) is 15. The van der Waals surface area contributed by atoms with Gasteiger partial charge in [0, 0.05) is 23.3 Å². The molecule has 0 aliphatic heterocycles. The molecule has 9 heteroatoms. The van der Waals surface area contributed by atoms with Crippen LogP contribution < -0.4 is 33.2 Å². The highest BCUT2D eigenvalue weighted by Gasteiger charge is 2.19. The van der Waals surface area contributed by atoms with Gasteiger partial charge >= 0.3 is 11.9 Å². The van der Waals surface area contributed by atoms with Crippen LogP contribution in [-0.4, -0.2) is 45.0 Å². The van der Waals surface area contributed by atoms with Gasteiger partial charge in [-0.3, -0.25) is 0 Å². The molecule has 9 nitrogen and oxygen atoms in total. The molecule has 4 rings (SSSR count). The third-order valence-electron chi connectivity index (χ3n) is 11.7.